The zero-order chi connectivity index (χ0) is 32.5. The number of anilines is 2. The molecule has 0 spiro atoms. The van der Waals surface area contributed by atoms with Crippen LogP contribution >= 0.6 is 11.6 Å². The molecule has 4 heterocycles. The number of halogens is 1. The Morgan fingerprint density at radius 1 is 1.04 bits per heavy atom. The van der Waals surface area contributed by atoms with Crippen LogP contribution in [0.2, 0.25) is 5.02 Å². The molecular weight excluding hydrogens is 610 g/mol. The molecule has 5 aromatic rings. The summed E-state index contributed by atoms with van der Waals surface area (Å²) >= 11 is 7.07. The van der Waals surface area contributed by atoms with E-state index in [0.29, 0.717) is 47.9 Å². The average molecular weight is 644 g/mol. The molecule has 1 saturated heterocycles. The zero-order valence-electron chi connectivity index (χ0n) is 25.9. The Labute approximate surface area is 269 Å². The minimum atomic E-state index is -0.562. The van der Waals surface area contributed by atoms with Gasteiger partial charge in [0.15, 0.2) is 5.65 Å². The van der Waals surface area contributed by atoms with Crippen molar-refractivity contribution in [3.05, 3.63) is 91.8 Å². The fourth-order valence-corrected chi connectivity index (χ4v) is 6.08. The first kappa shape index (κ1) is 31.4. The minimum Gasteiger partial charge on any atom is -0.481 e. The van der Waals surface area contributed by atoms with E-state index in [-0.39, 0.29) is 17.1 Å². The second-order valence-corrected chi connectivity index (χ2v) is 11.6. The number of pyridine rings is 1. The van der Waals surface area contributed by atoms with Crippen LogP contribution in [-0.2, 0) is 25.4 Å². The van der Waals surface area contributed by atoms with Gasteiger partial charge in [0.05, 0.1) is 30.5 Å². The Bertz CT molecular complexity index is 2060. The van der Waals surface area contributed by atoms with Crippen molar-refractivity contribution in [1.29, 1.82) is 0 Å². The van der Waals surface area contributed by atoms with Gasteiger partial charge in [-0.3, -0.25) is 13.9 Å². The molecule has 0 aliphatic carbocycles. The van der Waals surface area contributed by atoms with Crippen molar-refractivity contribution in [3.8, 4) is 28.3 Å². The van der Waals surface area contributed by atoms with Crippen molar-refractivity contribution in [1.82, 2.24) is 29.4 Å². The van der Waals surface area contributed by atoms with Crippen molar-refractivity contribution in [2.24, 2.45) is 14.1 Å². The summed E-state index contributed by atoms with van der Waals surface area (Å²) in [5.74, 6) is 0.759. The van der Waals surface area contributed by atoms with Gasteiger partial charge in [-0.15, -0.1) is 0 Å². The number of rotatable bonds is 8. The molecule has 12 nitrogen and oxygen atoms in total. The van der Waals surface area contributed by atoms with E-state index in [1.54, 1.807) is 14.2 Å². The van der Waals surface area contributed by atoms with Gasteiger partial charge in [-0.2, -0.15) is 0 Å². The first-order chi connectivity index (χ1) is 22.2. The Balaban J connectivity index is 1.32. The van der Waals surface area contributed by atoms with Crippen LogP contribution in [0.3, 0.4) is 0 Å². The maximum Gasteiger partial charge on any atom is 0.332 e. The smallest absolute Gasteiger partial charge is 0.332 e. The largest absolute Gasteiger partial charge is 0.481 e. The first-order valence-electron chi connectivity index (χ1n) is 14.8. The van der Waals surface area contributed by atoms with Crippen LogP contribution < -0.4 is 26.6 Å². The molecule has 0 amide bonds. The molecule has 1 aliphatic rings. The molecule has 0 bridgehead atoms. The molecule has 46 heavy (non-hydrogen) atoms. The summed E-state index contributed by atoms with van der Waals surface area (Å²) in [6.45, 7) is 3.36. The van der Waals surface area contributed by atoms with E-state index in [9.17, 15) is 14.7 Å². The maximum atomic E-state index is 13.1. The maximum absolute atomic E-state index is 13.1. The van der Waals surface area contributed by atoms with E-state index in [1.807, 2.05) is 55.5 Å². The summed E-state index contributed by atoms with van der Waals surface area (Å²) in [5, 5.41) is 17.6. The number of aryl methyl sites for hydroxylation is 1. The van der Waals surface area contributed by atoms with E-state index < -0.39 is 17.4 Å². The number of benzene rings is 2. The van der Waals surface area contributed by atoms with Gasteiger partial charge in [-0.25, -0.2) is 19.7 Å². The molecular formula is C33H34ClN7O5. The molecule has 2 aromatic carbocycles. The number of fused-ring (bicyclic) bond motifs is 1. The lowest BCUT2D eigenvalue weighted by molar-refractivity contribution is -0.0281. The van der Waals surface area contributed by atoms with Crippen LogP contribution in [-0.4, -0.2) is 61.7 Å². The molecule has 3 aromatic heterocycles. The Morgan fingerprint density at radius 2 is 1.80 bits per heavy atom. The van der Waals surface area contributed by atoms with Gasteiger partial charge >= 0.3 is 5.69 Å². The van der Waals surface area contributed by atoms with Gasteiger partial charge in [0.2, 0.25) is 5.88 Å². The highest BCUT2D eigenvalue weighted by molar-refractivity contribution is 6.36. The average Bonchev–Trinajstić information content (AvgIpc) is 3.07. The second-order valence-electron chi connectivity index (χ2n) is 11.2. The molecule has 238 valence electrons. The number of aliphatic hydroxyl groups excluding tert-OH is 1. The normalized spacial score (nSPS) is 16.5. The minimum absolute atomic E-state index is 0.0649. The van der Waals surface area contributed by atoms with E-state index in [0.717, 1.165) is 38.8 Å². The van der Waals surface area contributed by atoms with E-state index in [4.69, 9.17) is 26.1 Å². The first-order valence-corrected chi connectivity index (χ1v) is 15.2. The van der Waals surface area contributed by atoms with Crippen molar-refractivity contribution < 1.29 is 14.6 Å². The molecule has 1 aliphatic heterocycles. The SMILES string of the molecule is COc1nc(-c2cccc(-c3cccc(Nc4ncnc5c4c(=O)n(C)c(=O)n5C)c3C)c2Cl)ccc1CN[C@H]1CCOC[C@H]1O. The molecule has 0 radical (unpaired) electrons. The van der Waals surface area contributed by atoms with Crippen molar-refractivity contribution in [2.75, 3.05) is 25.6 Å². The van der Waals surface area contributed by atoms with Crippen molar-refractivity contribution in [3.63, 3.8) is 0 Å². The van der Waals surface area contributed by atoms with Gasteiger partial charge in [0.25, 0.3) is 5.56 Å². The Hall–Kier alpha value is -4.62. The predicted octanol–water partition coefficient (Wildman–Crippen LogP) is 3.71. The lowest BCUT2D eigenvalue weighted by atomic mass is 9.96. The summed E-state index contributed by atoms with van der Waals surface area (Å²) in [5.41, 5.74) is 4.78. The second kappa shape index (κ2) is 13.0. The van der Waals surface area contributed by atoms with Crippen LogP contribution in [0.1, 0.15) is 17.5 Å². The third-order valence-corrected chi connectivity index (χ3v) is 8.81. The van der Waals surface area contributed by atoms with Crippen LogP contribution in [0.5, 0.6) is 5.88 Å². The standard InChI is InChI=1S/C33H34ClN7O5/c1-18-20(7-6-10-23(18)38-29-27-30(37-17-36-29)40(2)33(44)41(3)32(27)43)21-8-5-9-22(28(21)34)24-12-11-19(31(39-24)45-4)15-35-25-13-14-46-16-26(25)42/h5-12,17,25-26,35,42H,13-16H2,1-4H3,(H,36,37,38)/t25-,26+/m0/s1. The van der Waals surface area contributed by atoms with Crippen LogP contribution in [0, 0.1) is 6.92 Å². The summed E-state index contributed by atoms with van der Waals surface area (Å²) in [7, 11) is 4.57. The topological polar surface area (TPSA) is 145 Å². The zero-order valence-corrected chi connectivity index (χ0v) is 26.6. The molecule has 1 fully saturated rings. The lowest BCUT2D eigenvalue weighted by Gasteiger charge is -2.28. The highest BCUT2D eigenvalue weighted by Gasteiger charge is 2.24. The van der Waals surface area contributed by atoms with Crippen LogP contribution in [0.15, 0.2) is 64.4 Å². The number of aliphatic hydroxyl groups is 1. The third kappa shape index (κ3) is 5.76. The fraction of sp³-hybridized carbons (Fsp3) is 0.303. The number of hydrogen-bond acceptors (Lipinski definition) is 10. The third-order valence-electron chi connectivity index (χ3n) is 8.40. The lowest BCUT2D eigenvalue weighted by Crippen LogP contribution is -2.46. The number of nitrogens with one attached hydrogen (secondary N) is 2. The van der Waals surface area contributed by atoms with E-state index >= 15 is 0 Å². The molecule has 3 N–H and O–H groups in total. The fourth-order valence-electron chi connectivity index (χ4n) is 5.75. The molecule has 0 saturated carbocycles. The molecule has 2 atom stereocenters. The highest BCUT2D eigenvalue weighted by atomic mass is 35.5. The van der Waals surface area contributed by atoms with Gasteiger partial charge in [0.1, 0.15) is 17.5 Å². The van der Waals surface area contributed by atoms with Gasteiger partial charge < -0.3 is 25.2 Å². The molecule has 13 heteroatoms. The van der Waals surface area contributed by atoms with Crippen LogP contribution in [0.4, 0.5) is 11.5 Å². The number of hydrogen-bond donors (Lipinski definition) is 3. The number of aromatic nitrogens is 5. The van der Waals surface area contributed by atoms with E-state index in [1.165, 1.54) is 17.9 Å². The van der Waals surface area contributed by atoms with Crippen molar-refractivity contribution >= 4 is 34.1 Å². The highest BCUT2D eigenvalue weighted by Crippen LogP contribution is 2.39. The predicted molar refractivity (Wildman–Crippen MR) is 177 cm³/mol. The monoisotopic (exact) mass is 643 g/mol. The van der Waals surface area contributed by atoms with Gasteiger partial charge in [0, 0.05) is 55.7 Å². The summed E-state index contributed by atoms with van der Waals surface area (Å²) < 4.78 is 13.3. The van der Waals surface area contributed by atoms with E-state index in [2.05, 4.69) is 20.6 Å². The Kier molecular flexibility index (Phi) is 8.87. The van der Waals surface area contributed by atoms with Gasteiger partial charge in [-0.1, -0.05) is 48.0 Å². The summed E-state index contributed by atoms with van der Waals surface area (Å²) in [6.07, 6.45) is 1.48. The molecule has 0 unspecified atom stereocenters. The van der Waals surface area contributed by atoms with Gasteiger partial charge in [-0.05, 0) is 36.6 Å². The number of ether oxygens (including phenoxy) is 2. The Morgan fingerprint density at radius 3 is 2.59 bits per heavy atom. The number of nitrogens with zero attached hydrogens (tertiary/aromatic N) is 5. The summed E-state index contributed by atoms with van der Waals surface area (Å²) in [4.78, 5) is 38.8. The van der Waals surface area contributed by atoms with Crippen molar-refractivity contribution in [2.45, 2.75) is 32.0 Å². The summed E-state index contributed by atoms with van der Waals surface area (Å²) in [6, 6.07) is 15.3. The number of methoxy groups -OCH3 is 1. The quantitative estimate of drug-likeness (QED) is 0.229. The van der Waals surface area contributed by atoms with Crippen LogP contribution in [0.25, 0.3) is 33.4 Å². The molecule has 6 rings (SSSR count).